The van der Waals surface area contributed by atoms with Crippen LogP contribution in [-0.2, 0) is 20.9 Å². The highest BCUT2D eigenvalue weighted by Crippen LogP contribution is 2.17. The average Bonchev–Trinajstić information content (AvgIpc) is 2.60. The van der Waals surface area contributed by atoms with E-state index in [2.05, 4.69) is 10.2 Å². The van der Waals surface area contributed by atoms with Crippen LogP contribution in [0.1, 0.15) is 40.2 Å². The summed E-state index contributed by atoms with van der Waals surface area (Å²) in [7, 11) is 0. The quantitative estimate of drug-likeness (QED) is 0.606. The summed E-state index contributed by atoms with van der Waals surface area (Å²) in [5, 5.41) is 2.53. The normalized spacial score (nSPS) is 15.5. The smallest absolute Gasteiger partial charge is 0.320 e. The summed E-state index contributed by atoms with van der Waals surface area (Å²) in [6.45, 7) is 13.3. The molecule has 1 amide bonds. The molecule has 152 valence electrons. The van der Waals surface area contributed by atoms with Crippen LogP contribution in [-0.4, -0.2) is 60.5 Å². The molecule has 1 aliphatic heterocycles. The van der Waals surface area contributed by atoms with Crippen molar-refractivity contribution >= 4 is 18.1 Å². The van der Waals surface area contributed by atoms with E-state index < -0.39 is 5.60 Å². The second-order valence-electron chi connectivity index (χ2n) is 7.21. The number of carbonyl (C=O) groups is 2. The van der Waals surface area contributed by atoms with Gasteiger partial charge in [0.05, 0.1) is 6.54 Å². The van der Waals surface area contributed by atoms with Crippen molar-refractivity contribution in [2.24, 2.45) is 0 Å². The Morgan fingerprint density at radius 1 is 1.19 bits per heavy atom. The maximum absolute atomic E-state index is 14.0. The number of amides is 1. The second kappa shape index (κ2) is 11.0. The zero-order valence-corrected chi connectivity index (χ0v) is 17.0. The molecule has 1 aromatic carbocycles. The Hall–Kier alpha value is -1.99. The monoisotopic (exact) mass is 381 g/mol. The Balaban J connectivity index is 0.00000176. The van der Waals surface area contributed by atoms with Gasteiger partial charge in [0, 0.05) is 44.0 Å². The van der Waals surface area contributed by atoms with Gasteiger partial charge in [-0.05, 0) is 39.0 Å². The summed E-state index contributed by atoms with van der Waals surface area (Å²) in [5.41, 5.74) is 0.652. The summed E-state index contributed by atoms with van der Waals surface area (Å²) >= 11 is 0. The van der Waals surface area contributed by atoms with Crippen molar-refractivity contribution in [1.82, 2.24) is 9.80 Å². The third-order valence-electron chi connectivity index (χ3n) is 3.90. The fraction of sp³-hybridized carbons (Fsp3) is 0.600. The lowest BCUT2D eigenvalue weighted by atomic mass is 10.1. The van der Waals surface area contributed by atoms with Crippen molar-refractivity contribution in [2.75, 3.05) is 38.0 Å². The number of nitrogens with one attached hydrogen (secondary N) is 1. The van der Waals surface area contributed by atoms with Crippen LogP contribution in [0.25, 0.3) is 0 Å². The molecule has 2 rings (SSSR count). The van der Waals surface area contributed by atoms with Crippen molar-refractivity contribution in [3.8, 4) is 0 Å². The molecule has 1 fully saturated rings. The molecule has 7 heteroatoms. The Bertz CT molecular complexity index is 609. The molecule has 1 N–H and O–H groups in total. The van der Waals surface area contributed by atoms with Crippen LogP contribution in [0.2, 0.25) is 0 Å². The fourth-order valence-electron chi connectivity index (χ4n) is 2.76. The molecule has 0 spiro atoms. The Morgan fingerprint density at radius 2 is 1.78 bits per heavy atom. The van der Waals surface area contributed by atoms with Gasteiger partial charge >= 0.3 is 5.97 Å². The molecule has 0 aliphatic carbocycles. The van der Waals surface area contributed by atoms with E-state index in [1.807, 2.05) is 39.5 Å². The van der Waals surface area contributed by atoms with Gasteiger partial charge in [0.15, 0.2) is 0 Å². The number of ether oxygens (including phenoxy) is 1. The molecule has 1 aromatic rings. The van der Waals surface area contributed by atoms with Crippen molar-refractivity contribution in [2.45, 2.75) is 46.8 Å². The lowest BCUT2D eigenvalue weighted by Crippen LogP contribution is -2.48. The van der Waals surface area contributed by atoms with Crippen LogP contribution in [0.4, 0.5) is 10.1 Å². The van der Waals surface area contributed by atoms with Gasteiger partial charge in [-0.1, -0.05) is 13.8 Å². The van der Waals surface area contributed by atoms with Crippen LogP contribution >= 0.6 is 0 Å². The standard InChI is InChI=1S/C18H26FN3O3.C2H6/c1-18(2,3)25-17(24)12-22-8-6-21(7-9-22)11-14-10-15(20-13-23)4-5-16(14)19;1-2/h4-5,10,13H,6-9,11-12H2,1-3H3,(H,20,23);1-2H3. The predicted octanol–water partition coefficient (Wildman–Crippen LogP) is 2.88. The largest absolute Gasteiger partial charge is 0.459 e. The minimum atomic E-state index is -0.475. The third-order valence-corrected chi connectivity index (χ3v) is 3.90. The van der Waals surface area contributed by atoms with E-state index in [4.69, 9.17) is 4.74 Å². The number of esters is 1. The topological polar surface area (TPSA) is 61.9 Å². The van der Waals surface area contributed by atoms with E-state index >= 15 is 0 Å². The molecule has 0 unspecified atom stereocenters. The number of piperazine rings is 1. The molecule has 1 heterocycles. The number of halogens is 1. The molecular formula is C20H32FN3O3. The van der Waals surface area contributed by atoms with Crippen LogP contribution < -0.4 is 5.32 Å². The zero-order chi connectivity index (χ0) is 20.4. The zero-order valence-electron chi connectivity index (χ0n) is 17.0. The van der Waals surface area contributed by atoms with Crippen molar-refractivity contribution in [3.05, 3.63) is 29.6 Å². The lowest BCUT2D eigenvalue weighted by molar-refractivity contribution is -0.156. The van der Waals surface area contributed by atoms with Crippen molar-refractivity contribution in [1.29, 1.82) is 0 Å². The van der Waals surface area contributed by atoms with Gasteiger partial charge in [-0.2, -0.15) is 0 Å². The first-order valence-electron chi connectivity index (χ1n) is 9.42. The number of hydrogen-bond acceptors (Lipinski definition) is 5. The van der Waals surface area contributed by atoms with Gasteiger partial charge in [0.25, 0.3) is 0 Å². The van der Waals surface area contributed by atoms with E-state index in [1.165, 1.54) is 12.1 Å². The van der Waals surface area contributed by atoms with Crippen LogP contribution in [0.3, 0.4) is 0 Å². The van der Waals surface area contributed by atoms with Gasteiger partial charge in [-0.25, -0.2) is 4.39 Å². The minimum absolute atomic E-state index is 0.223. The van der Waals surface area contributed by atoms with E-state index in [-0.39, 0.29) is 18.3 Å². The first-order valence-corrected chi connectivity index (χ1v) is 9.42. The summed E-state index contributed by atoms with van der Waals surface area (Å²) < 4.78 is 19.3. The van der Waals surface area contributed by atoms with E-state index in [1.54, 1.807) is 6.07 Å². The van der Waals surface area contributed by atoms with Gasteiger partial charge < -0.3 is 10.1 Å². The molecule has 0 bridgehead atoms. The molecule has 27 heavy (non-hydrogen) atoms. The molecule has 0 aromatic heterocycles. The van der Waals surface area contributed by atoms with Crippen LogP contribution in [0.15, 0.2) is 18.2 Å². The molecule has 1 saturated heterocycles. The van der Waals surface area contributed by atoms with Crippen LogP contribution in [0.5, 0.6) is 0 Å². The van der Waals surface area contributed by atoms with Crippen LogP contribution in [0, 0.1) is 5.82 Å². The Kier molecular flexibility index (Phi) is 9.38. The number of rotatable bonds is 6. The Morgan fingerprint density at radius 3 is 2.33 bits per heavy atom. The number of carbonyl (C=O) groups excluding carboxylic acids is 2. The number of benzene rings is 1. The van der Waals surface area contributed by atoms with Gasteiger partial charge in [0.1, 0.15) is 11.4 Å². The van der Waals surface area contributed by atoms with E-state index in [9.17, 15) is 14.0 Å². The predicted molar refractivity (Wildman–Crippen MR) is 105 cm³/mol. The fourth-order valence-corrected chi connectivity index (χ4v) is 2.76. The highest BCUT2D eigenvalue weighted by Gasteiger charge is 2.23. The molecule has 0 radical (unpaired) electrons. The molecule has 0 atom stereocenters. The molecule has 0 saturated carbocycles. The number of nitrogens with zero attached hydrogens (tertiary/aromatic N) is 2. The summed E-state index contributed by atoms with van der Waals surface area (Å²) in [5.74, 6) is -0.507. The second-order valence-corrected chi connectivity index (χ2v) is 7.21. The molecule has 6 nitrogen and oxygen atoms in total. The third kappa shape index (κ3) is 8.49. The number of anilines is 1. The van der Waals surface area contributed by atoms with Gasteiger partial charge in [0.2, 0.25) is 6.41 Å². The Labute approximate surface area is 161 Å². The lowest BCUT2D eigenvalue weighted by Gasteiger charge is -2.34. The first kappa shape index (κ1) is 23.0. The minimum Gasteiger partial charge on any atom is -0.459 e. The summed E-state index contributed by atoms with van der Waals surface area (Å²) in [6.07, 6.45) is 0.576. The molecular weight excluding hydrogens is 349 g/mol. The highest BCUT2D eigenvalue weighted by molar-refractivity contribution is 5.72. The maximum Gasteiger partial charge on any atom is 0.320 e. The maximum atomic E-state index is 14.0. The summed E-state index contributed by atoms with van der Waals surface area (Å²) in [6, 6.07) is 4.54. The highest BCUT2D eigenvalue weighted by atomic mass is 19.1. The average molecular weight is 381 g/mol. The van der Waals surface area contributed by atoms with E-state index in [0.29, 0.717) is 24.2 Å². The summed E-state index contributed by atoms with van der Waals surface area (Å²) in [4.78, 5) is 26.6. The van der Waals surface area contributed by atoms with Crippen molar-refractivity contribution in [3.63, 3.8) is 0 Å². The van der Waals surface area contributed by atoms with Crippen molar-refractivity contribution < 1.29 is 18.7 Å². The van der Waals surface area contributed by atoms with Gasteiger partial charge in [-0.15, -0.1) is 0 Å². The number of hydrogen-bond donors (Lipinski definition) is 1. The SMILES string of the molecule is CC.CC(C)(C)OC(=O)CN1CCN(Cc2cc(NC=O)ccc2F)CC1. The van der Waals surface area contributed by atoms with E-state index in [0.717, 1.165) is 26.2 Å². The molecule has 1 aliphatic rings. The van der Waals surface area contributed by atoms with Gasteiger partial charge in [-0.3, -0.25) is 19.4 Å². The first-order chi connectivity index (χ1) is 12.8.